The number of hydrogen-bond donors (Lipinski definition) is 0. The number of hydrogen-bond acceptors (Lipinski definition) is 5. The van der Waals surface area contributed by atoms with Crippen LogP contribution in [0.25, 0.3) is 0 Å². The quantitative estimate of drug-likeness (QED) is 0.559. The van der Waals surface area contributed by atoms with Crippen LogP contribution in [-0.2, 0) is 14.5 Å². The number of benzene rings is 2. The van der Waals surface area contributed by atoms with Crippen molar-refractivity contribution in [3.8, 4) is 11.8 Å². The molecular formula is C18H21NO4SSi. The molecule has 1 atom stereocenters. The molecule has 0 aliphatic heterocycles. The maximum Gasteiger partial charge on any atom is 0.339 e. The molecule has 2 rings (SSSR count). The lowest BCUT2D eigenvalue weighted by molar-refractivity contribution is 0.255. The van der Waals surface area contributed by atoms with E-state index in [4.69, 9.17) is 8.61 Å². The van der Waals surface area contributed by atoms with Crippen LogP contribution in [0.3, 0.4) is 0 Å². The summed E-state index contributed by atoms with van der Waals surface area (Å²) in [6.45, 7) is 7.89. The van der Waals surface area contributed by atoms with Crippen LogP contribution in [0.4, 0.5) is 0 Å². The van der Waals surface area contributed by atoms with Crippen molar-refractivity contribution in [1.29, 1.82) is 5.26 Å². The van der Waals surface area contributed by atoms with E-state index in [-0.39, 0.29) is 10.6 Å². The fraction of sp³-hybridized carbons (Fsp3) is 0.278. The summed E-state index contributed by atoms with van der Waals surface area (Å²) in [4.78, 5) is 0.0964. The van der Waals surface area contributed by atoms with Gasteiger partial charge < -0.3 is 8.61 Å². The third-order valence-corrected chi connectivity index (χ3v) is 5.49. The molecule has 0 amide bonds. The van der Waals surface area contributed by atoms with Crippen LogP contribution in [0, 0.1) is 18.3 Å². The molecule has 0 aliphatic rings. The van der Waals surface area contributed by atoms with Crippen LogP contribution < -0.4 is 4.18 Å². The Morgan fingerprint density at radius 3 is 2.04 bits per heavy atom. The van der Waals surface area contributed by atoms with Gasteiger partial charge in [0.2, 0.25) is 0 Å². The molecule has 2 aromatic rings. The first-order valence-electron chi connectivity index (χ1n) is 7.79. The monoisotopic (exact) mass is 375 g/mol. The Morgan fingerprint density at radius 1 is 1.00 bits per heavy atom. The lowest BCUT2D eigenvalue weighted by Crippen LogP contribution is -2.27. The molecule has 2 aromatic carbocycles. The van der Waals surface area contributed by atoms with Gasteiger partial charge in [0.25, 0.3) is 0 Å². The summed E-state index contributed by atoms with van der Waals surface area (Å²) < 4.78 is 35.5. The SMILES string of the molecule is Cc1ccc(S(=O)(=O)Oc2ccc(C(C#N)O[Si](C)(C)C)cc2)cc1. The largest absolute Gasteiger partial charge is 0.399 e. The van der Waals surface area contributed by atoms with Crippen LogP contribution in [0.15, 0.2) is 53.4 Å². The van der Waals surface area contributed by atoms with Crippen molar-refractivity contribution in [3.63, 3.8) is 0 Å². The van der Waals surface area contributed by atoms with Gasteiger partial charge >= 0.3 is 10.1 Å². The summed E-state index contributed by atoms with van der Waals surface area (Å²) in [5.74, 6) is 0.189. The van der Waals surface area contributed by atoms with Gasteiger partial charge in [0.15, 0.2) is 14.4 Å². The van der Waals surface area contributed by atoms with Crippen LogP contribution in [-0.4, -0.2) is 16.7 Å². The summed E-state index contributed by atoms with van der Waals surface area (Å²) in [7, 11) is -5.76. The van der Waals surface area contributed by atoms with Gasteiger partial charge in [-0.05, 0) is 56.4 Å². The van der Waals surface area contributed by atoms with Gasteiger partial charge in [0.1, 0.15) is 10.6 Å². The predicted octanol–water partition coefficient (Wildman–Crippen LogP) is 4.18. The van der Waals surface area contributed by atoms with Gasteiger partial charge in [-0.2, -0.15) is 13.7 Å². The average Bonchev–Trinajstić information content (AvgIpc) is 2.52. The van der Waals surface area contributed by atoms with Gasteiger partial charge in [0.05, 0.1) is 6.07 Å². The number of aryl methyl sites for hydroxylation is 1. The Bertz CT molecular complexity index is 863. The van der Waals surface area contributed by atoms with E-state index in [1.165, 1.54) is 24.3 Å². The molecule has 5 nitrogen and oxygen atoms in total. The van der Waals surface area contributed by atoms with E-state index in [0.717, 1.165) is 5.56 Å². The summed E-state index contributed by atoms with van der Waals surface area (Å²) >= 11 is 0. The van der Waals surface area contributed by atoms with Crippen molar-refractivity contribution in [2.24, 2.45) is 0 Å². The van der Waals surface area contributed by atoms with E-state index in [2.05, 4.69) is 6.07 Å². The third-order valence-electron chi connectivity index (χ3n) is 3.29. The molecular weight excluding hydrogens is 354 g/mol. The fourth-order valence-electron chi connectivity index (χ4n) is 2.10. The summed E-state index contributed by atoms with van der Waals surface area (Å²) in [5, 5.41) is 9.29. The zero-order chi connectivity index (χ0) is 18.7. The Balaban J connectivity index is 2.17. The molecule has 7 heteroatoms. The molecule has 0 fully saturated rings. The van der Waals surface area contributed by atoms with Crippen LogP contribution in [0.2, 0.25) is 19.6 Å². The topological polar surface area (TPSA) is 76.4 Å². The van der Waals surface area contributed by atoms with E-state index in [1.54, 1.807) is 24.3 Å². The van der Waals surface area contributed by atoms with E-state index in [1.807, 2.05) is 26.6 Å². The van der Waals surface area contributed by atoms with Crippen LogP contribution in [0.1, 0.15) is 17.2 Å². The smallest absolute Gasteiger partial charge is 0.339 e. The second kappa shape index (κ2) is 7.40. The first kappa shape index (κ1) is 19.2. The lowest BCUT2D eigenvalue weighted by atomic mass is 10.1. The molecule has 0 spiro atoms. The van der Waals surface area contributed by atoms with Crippen LogP contribution in [0.5, 0.6) is 5.75 Å². The average molecular weight is 376 g/mol. The lowest BCUT2D eigenvalue weighted by Gasteiger charge is -2.21. The van der Waals surface area contributed by atoms with Crippen LogP contribution >= 0.6 is 0 Å². The zero-order valence-electron chi connectivity index (χ0n) is 14.7. The Labute approximate surface area is 150 Å². The molecule has 0 saturated carbocycles. The maximum atomic E-state index is 12.3. The van der Waals surface area contributed by atoms with Gasteiger partial charge in [-0.1, -0.05) is 29.8 Å². The van der Waals surface area contributed by atoms with Gasteiger partial charge in [-0.15, -0.1) is 0 Å². The van der Waals surface area contributed by atoms with Crippen molar-refractivity contribution in [3.05, 3.63) is 59.7 Å². The van der Waals surface area contributed by atoms with Crippen molar-refractivity contribution < 1.29 is 17.0 Å². The molecule has 0 radical (unpaired) electrons. The molecule has 0 N–H and O–H groups in total. The van der Waals surface area contributed by atoms with E-state index >= 15 is 0 Å². The molecule has 0 aliphatic carbocycles. The molecule has 0 aromatic heterocycles. The number of nitriles is 1. The highest BCUT2D eigenvalue weighted by Crippen LogP contribution is 2.25. The zero-order valence-corrected chi connectivity index (χ0v) is 16.5. The Morgan fingerprint density at radius 2 is 1.56 bits per heavy atom. The standard InChI is InChI=1S/C18H21NO4SSi/c1-14-5-11-17(12-6-14)24(20,21)22-16-9-7-15(8-10-16)18(13-19)23-25(2,3)4/h5-12,18H,1-4H3. The van der Waals surface area contributed by atoms with Crippen molar-refractivity contribution in [2.45, 2.75) is 37.6 Å². The van der Waals surface area contributed by atoms with E-state index in [0.29, 0.717) is 5.56 Å². The van der Waals surface area contributed by atoms with Gasteiger partial charge in [-0.3, -0.25) is 0 Å². The second-order valence-electron chi connectivity index (χ2n) is 6.66. The van der Waals surface area contributed by atoms with Gasteiger partial charge in [-0.25, -0.2) is 0 Å². The molecule has 1 unspecified atom stereocenters. The molecule has 0 heterocycles. The highest BCUT2D eigenvalue weighted by molar-refractivity contribution is 7.87. The molecule has 132 valence electrons. The van der Waals surface area contributed by atoms with Gasteiger partial charge in [0, 0.05) is 0 Å². The Hall–Kier alpha value is -2.14. The summed E-state index contributed by atoms with van der Waals surface area (Å²) in [5.41, 5.74) is 1.64. The molecule has 0 bridgehead atoms. The molecule has 25 heavy (non-hydrogen) atoms. The second-order valence-corrected chi connectivity index (χ2v) is 12.7. The highest BCUT2D eigenvalue weighted by Gasteiger charge is 2.22. The molecule has 0 saturated heterocycles. The maximum absolute atomic E-state index is 12.3. The Kier molecular flexibility index (Phi) is 5.68. The number of rotatable bonds is 6. The fourth-order valence-corrected chi connectivity index (χ4v) is 3.93. The highest BCUT2D eigenvalue weighted by atomic mass is 32.2. The summed E-state index contributed by atoms with van der Waals surface area (Å²) in [6, 6.07) is 14.9. The first-order valence-corrected chi connectivity index (χ1v) is 12.6. The minimum atomic E-state index is -3.89. The van der Waals surface area contributed by atoms with Crippen molar-refractivity contribution in [2.75, 3.05) is 0 Å². The first-order chi connectivity index (χ1) is 11.6. The minimum absolute atomic E-state index is 0.0964. The normalized spacial score (nSPS) is 13.1. The van der Waals surface area contributed by atoms with E-state index in [9.17, 15) is 13.7 Å². The predicted molar refractivity (Wildman–Crippen MR) is 98.2 cm³/mol. The van der Waals surface area contributed by atoms with Crippen molar-refractivity contribution in [1.82, 2.24) is 0 Å². The van der Waals surface area contributed by atoms with E-state index < -0.39 is 24.5 Å². The summed E-state index contributed by atoms with van der Waals surface area (Å²) in [6.07, 6.45) is -0.672. The minimum Gasteiger partial charge on any atom is -0.399 e. The number of nitrogens with zero attached hydrogens (tertiary/aromatic N) is 1. The van der Waals surface area contributed by atoms with Crippen molar-refractivity contribution >= 4 is 18.4 Å². The third kappa shape index (κ3) is 5.43.